The van der Waals surface area contributed by atoms with Crippen LogP contribution in [0.3, 0.4) is 0 Å². The van der Waals surface area contributed by atoms with Gasteiger partial charge in [-0.3, -0.25) is 14.9 Å². The number of carbonyl (C=O) groups excluding carboxylic acids is 3. The van der Waals surface area contributed by atoms with Gasteiger partial charge >= 0.3 is 6.03 Å². The van der Waals surface area contributed by atoms with Gasteiger partial charge in [-0.25, -0.2) is 14.1 Å². The van der Waals surface area contributed by atoms with E-state index >= 15 is 0 Å². The van der Waals surface area contributed by atoms with Gasteiger partial charge in [0.2, 0.25) is 0 Å². The van der Waals surface area contributed by atoms with E-state index in [0.717, 1.165) is 28.2 Å². The molecule has 7 nitrogen and oxygen atoms in total. The van der Waals surface area contributed by atoms with Crippen molar-refractivity contribution in [2.24, 2.45) is 17.8 Å². The molecule has 4 aliphatic carbocycles. The molecule has 1 heterocycles. The molecule has 5 fully saturated rings. The number of nitrogens with one attached hydrogen (secondary N) is 1. The van der Waals surface area contributed by atoms with Crippen molar-refractivity contribution in [2.45, 2.75) is 57.5 Å². The lowest BCUT2D eigenvalue weighted by Gasteiger charge is -2.57. The fourth-order valence-electron chi connectivity index (χ4n) is 8.30. The molecule has 5 aliphatic rings. The third-order valence-corrected chi connectivity index (χ3v) is 10.1. The summed E-state index contributed by atoms with van der Waals surface area (Å²) >= 11 is 6.58. The molecule has 4 saturated carbocycles. The van der Waals surface area contributed by atoms with Crippen LogP contribution in [0.15, 0.2) is 66.2 Å². The van der Waals surface area contributed by atoms with E-state index in [1.165, 1.54) is 62.3 Å². The van der Waals surface area contributed by atoms with E-state index in [9.17, 15) is 18.8 Å². The number of rotatable bonds is 8. The first-order valence-electron chi connectivity index (χ1n) is 15.6. The second-order valence-corrected chi connectivity index (χ2v) is 13.3. The number of ether oxygens (including phenoxy) is 2. The largest absolute Gasteiger partial charge is 0.490 e. The van der Waals surface area contributed by atoms with Gasteiger partial charge in [-0.15, -0.1) is 0 Å². The first-order chi connectivity index (χ1) is 21.7. The summed E-state index contributed by atoms with van der Waals surface area (Å²) in [5, 5.41) is 2.50. The van der Waals surface area contributed by atoms with Crippen LogP contribution >= 0.6 is 11.6 Å². The summed E-state index contributed by atoms with van der Waals surface area (Å²) in [4.78, 5) is 40.5. The average Bonchev–Trinajstić information content (AvgIpc) is 2.99. The van der Waals surface area contributed by atoms with Crippen LogP contribution in [-0.2, 0) is 21.6 Å². The number of benzene rings is 3. The summed E-state index contributed by atoms with van der Waals surface area (Å²) in [5.41, 5.74) is 2.82. The van der Waals surface area contributed by atoms with Crippen molar-refractivity contribution in [1.82, 2.24) is 5.32 Å². The van der Waals surface area contributed by atoms with E-state index in [4.69, 9.17) is 21.1 Å². The Morgan fingerprint density at radius 2 is 1.58 bits per heavy atom. The van der Waals surface area contributed by atoms with Crippen LogP contribution in [0.5, 0.6) is 11.5 Å². The molecule has 1 saturated heterocycles. The second-order valence-electron chi connectivity index (χ2n) is 12.9. The fraction of sp³-hybridized carbons (Fsp3) is 0.361. The maximum Gasteiger partial charge on any atom is 0.335 e. The number of urea groups is 1. The van der Waals surface area contributed by atoms with Crippen LogP contribution < -0.4 is 19.7 Å². The van der Waals surface area contributed by atoms with Gasteiger partial charge in [-0.2, -0.15) is 0 Å². The highest BCUT2D eigenvalue weighted by atomic mass is 35.5. The number of barbiturate groups is 1. The summed E-state index contributed by atoms with van der Waals surface area (Å²) in [6.45, 7) is 2.24. The molecule has 3 aromatic rings. The number of nitrogens with zero attached hydrogens (tertiary/aromatic N) is 1. The van der Waals surface area contributed by atoms with Gasteiger partial charge in [0.15, 0.2) is 11.5 Å². The lowest BCUT2D eigenvalue weighted by atomic mass is 9.48. The molecule has 0 unspecified atom stereocenters. The Bertz CT molecular complexity index is 1670. The van der Waals surface area contributed by atoms with E-state index in [1.807, 2.05) is 12.1 Å². The van der Waals surface area contributed by atoms with Gasteiger partial charge < -0.3 is 9.47 Å². The molecule has 3 aromatic carbocycles. The molecule has 9 heteroatoms. The highest BCUT2D eigenvalue weighted by molar-refractivity contribution is 6.39. The summed E-state index contributed by atoms with van der Waals surface area (Å²) < 4.78 is 25.0. The summed E-state index contributed by atoms with van der Waals surface area (Å²) in [6.07, 6.45) is 9.09. The highest BCUT2D eigenvalue weighted by Gasteiger charge is 2.51. The zero-order valence-electron chi connectivity index (χ0n) is 25.0. The molecule has 4 amide bonds. The fourth-order valence-corrected chi connectivity index (χ4v) is 8.57. The predicted molar refractivity (Wildman–Crippen MR) is 169 cm³/mol. The highest BCUT2D eigenvalue weighted by Crippen LogP contribution is 2.60. The van der Waals surface area contributed by atoms with Gasteiger partial charge in [0.1, 0.15) is 18.0 Å². The predicted octanol–water partition coefficient (Wildman–Crippen LogP) is 7.59. The van der Waals surface area contributed by atoms with Gasteiger partial charge in [0.05, 0.1) is 17.3 Å². The lowest BCUT2D eigenvalue weighted by Crippen LogP contribution is -2.54. The number of carbonyl (C=O) groups is 3. The van der Waals surface area contributed by atoms with Gasteiger partial charge in [-0.1, -0.05) is 35.9 Å². The molecule has 1 aliphatic heterocycles. The SMILES string of the molecule is CCOc1cc(/C=C2\C(=O)NC(=O)N(c3ccc(C45CC6CC(CC(C6)C4)C5)cc3)C2=O)cc(Cl)c1OCc1ccc(F)cc1. The number of halogens is 2. The van der Waals surface area contributed by atoms with Crippen molar-refractivity contribution < 1.29 is 28.2 Å². The molecule has 0 radical (unpaired) electrons. The van der Waals surface area contributed by atoms with Crippen molar-refractivity contribution in [2.75, 3.05) is 11.5 Å². The lowest BCUT2D eigenvalue weighted by molar-refractivity contribution is -0.122. The Morgan fingerprint density at radius 1 is 0.933 bits per heavy atom. The molecule has 4 bridgehead atoms. The number of hydrogen-bond acceptors (Lipinski definition) is 5. The van der Waals surface area contributed by atoms with Gasteiger partial charge in [0.25, 0.3) is 11.8 Å². The molecule has 232 valence electrons. The van der Waals surface area contributed by atoms with E-state index in [0.29, 0.717) is 23.6 Å². The Hall–Kier alpha value is -4.17. The van der Waals surface area contributed by atoms with Crippen LogP contribution in [0.25, 0.3) is 6.08 Å². The van der Waals surface area contributed by atoms with Crippen molar-refractivity contribution >= 4 is 41.2 Å². The van der Waals surface area contributed by atoms with Crippen LogP contribution in [-0.4, -0.2) is 24.5 Å². The molecular weight excluding hydrogens is 595 g/mol. The van der Waals surface area contributed by atoms with Crippen LogP contribution in [0, 0.1) is 23.6 Å². The van der Waals surface area contributed by atoms with Crippen molar-refractivity contribution in [3.8, 4) is 11.5 Å². The third kappa shape index (κ3) is 5.61. The zero-order chi connectivity index (χ0) is 31.3. The number of amides is 4. The number of imide groups is 2. The molecule has 0 atom stereocenters. The minimum Gasteiger partial charge on any atom is -0.490 e. The summed E-state index contributed by atoms with van der Waals surface area (Å²) in [5.74, 6) is 1.13. The molecular formula is C36H34ClFN2O5. The Kier molecular flexibility index (Phi) is 7.64. The minimum atomic E-state index is -0.794. The van der Waals surface area contributed by atoms with E-state index in [-0.39, 0.29) is 34.2 Å². The Balaban J connectivity index is 1.14. The zero-order valence-corrected chi connectivity index (χ0v) is 25.7. The molecule has 8 rings (SSSR count). The maximum absolute atomic E-state index is 13.7. The Morgan fingerprint density at radius 3 is 2.20 bits per heavy atom. The monoisotopic (exact) mass is 628 g/mol. The summed E-state index contributed by atoms with van der Waals surface area (Å²) in [7, 11) is 0. The quantitative estimate of drug-likeness (QED) is 0.205. The van der Waals surface area contributed by atoms with Crippen molar-refractivity contribution in [1.29, 1.82) is 0 Å². The minimum absolute atomic E-state index is 0.125. The van der Waals surface area contributed by atoms with E-state index in [2.05, 4.69) is 17.4 Å². The smallest absolute Gasteiger partial charge is 0.335 e. The first-order valence-corrected chi connectivity index (χ1v) is 15.9. The maximum atomic E-state index is 13.7. The van der Waals surface area contributed by atoms with E-state index in [1.54, 1.807) is 31.2 Å². The van der Waals surface area contributed by atoms with Crippen LogP contribution in [0.1, 0.15) is 62.1 Å². The second kappa shape index (κ2) is 11.6. The molecule has 1 N–H and O–H groups in total. The molecule has 0 aromatic heterocycles. The van der Waals surface area contributed by atoms with Gasteiger partial charge in [-0.05, 0) is 128 Å². The van der Waals surface area contributed by atoms with Crippen LogP contribution in [0.4, 0.5) is 14.9 Å². The number of anilines is 1. The number of hydrogen-bond donors (Lipinski definition) is 1. The topological polar surface area (TPSA) is 84.9 Å². The first kappa shape index (κ1) is 29.5. The Labute approximate surface area is 266 Å². The average molecular weight is 629 g/mol. The standard InChI is InChI=1S/C36H34ClFN2O5/c1-2-44-31-16-22(15-30(37)32(31)45-20-21-3-7-27(38)8-4-21)14-29-33(41)39-35(43)40(34(29)42)28-9-5-26(6-10-28)36-17-23-11-24(18-36)13-25(12-23)19-36/h3-10,14-16,23-25H,2,11-13,17-20H2,1H3,(H,39,41,43)/b29-14+. The van der Waals surface area contributed by atoms with Crippen LogP contribution in [0.2, 0.25) is 5.02 Å². The molecule has 0 spiro atoms. The van der Waals surface area contributed by atoms with Gasteiger partial charge in [0, 0.05) is 0 Å². The normalized spacial score (nSPS) is 26.4. The van der Waals surface area contributed by atoms with Crippen molar-refractivity contribution in [3.63, 3.8) is 0 Å². The van der Waals surface area contributed by atoms with E-state index < -0.39 is 17.8 Å². The molecule has 45 heavy (non-hydrogen) atoms. The van der Waals surface area contributed by atoms with Crippen molar-refractivity contribution in [3.05, 3.63) is 93.8 Å². The summed E-state index contributed by atoms with van der Waals surface area (Å²) in [6, 6.07) is 16.0. The third-order valence-electron chi connectivity index (χ3n) is 9.82.